The standard InChI is InChI=1S/C16H27N3O2.HI/c1-3-20-13-8-7-11-18-16(17-2)19-12-14-21-15-9-5-4-6-10-15;/h4-6,9-10H,3,7-8,11-14H2,1-2H3,(H2,17,18,19);1H. The monoisotopic (exact) mass is 421 g/mol. The van der Waals surface area contributed by atoms with Crippen LogP contribution in [0.3, 0.4) is 0 Å². The number of rotatable bonds is 10. The number of benzene rings is 1. The number of nitrogens with zero attached hydrogens (tertiary/aromatic N) is 1. The first-order chi connectivity index (χ1) is 10.4. The second-order valence-electron chi connectivity index (χ2n) is 4.49. The molecule has 0 aliphatic carbocycles. The summed E-state index contributed by atoms with van der Waals surface area (Å²) in [5.41, 5.74) is 0. The van der Waals surface area contributed by atoms with E-state index in [9.17, 15) is 0 Å². The van der Waals surface area contributed by atoms with Gasteiger partial charge >= 0.3 is 0 Å². The first-order valence-corrected chi connectivity index (χ1v) is 7.57. The molecule has 1 rings (SSSR count). The predicted molar refractivity (Wildman–Crippen MR) is 102 cm³/mol. The number of halogens is 1. The third-order valence-corrected chi connectivity index (χ3v) is 2.84. The Labute approximate surface area is 150 Å². The SMILES string of the molecule is CCOCCCCNC(=NC)NCCOc1ccccc1.I. The predicted octanol–water partition coefficient (Wildman–Crippen LogP) is 2.67. The highest BCUT2D eigenvalue weighted by Crippen LogP contribution is 2.07. The van der Waals surface area contributed by atoms with Crippen LogP contribution in [0, 0.1) is 0 Å². The van der Waals surface area contributed by atoms with Crippen molar-refractivity contribution in [1.82, 2.24) is 10.6 Å². The molecule has 0 fully saturated rings. The minimum absolute atomic E-state index is 0. The average molecular weight is 421 g/mol. The van der Waals surface area contributed by atoms with Gasteiger partial charge in [0.25, 0.3) is 0 Å². The third kappa shape index (κ3) is 10.7. The van der Waals surface area contributed by atoms with Gasteiger partial charge in [-0.3, -0.25) is 4.99 Å². The van der Waals surface area contributed by atoms with Crippen LogP contribution < -0.4 is 15.4 Å². The lowest BCUT2D eigenvalue weighted by Crippen LogP contribution is -2.39. The maximum absolute atomic E-state index is 5.61. The van der Waals surface area contributed by atoms with Gasteiger partial charge in [-0.25, -0.2) is 0 Å². The van der Waals surface area contributed by atoms with Crippen molar-refractivity contribution in [3.05, 3.63) is 30.3 Å². The number of para-hydroxylation sites is 1. The van der Waals surface area contributed by atoms with E-state index in [1.54, 1.807) is 7.05 Å². The Morgan fingerprint density at radius 1 is 1.05 bits per heavy atom. The van der Waals surface area contributed by atoms with E-state index >= 15 is 0 Å². The first-order valence-electron chi connectivity index (χ1n) is 7.57. The van der Waals surface area contributed by atoms with Crippen LogP contribution in [-0.4, -0.2) is 45.9 Å². The van der Waals surface area contributed by atoms with E-state index in [1.807, 2.05) is 37.3 Å². The Morgan fingerprint density at radius 2 is 1.77 bits per heavy atom. The van der Waals surface area contributed by atoms with Crippen LogP contribution in [0.4, 0.5) is 0 Å². The Hall–Kier alpha value is -1.02. The van der Waals surface area contributed by atoms with Crippen molar-refractivity contribution in [2.24, 2.45) is 4.99 Å². The van der Waals surface area contributed by atoms with Crippen LogP contribution in [0.25, 0.3) is 0 Å². The summed E-state index contributed by atoms with van der Waals surface area (Å²) in [7, 11) is 1.77. The minimum atomic E-state index is 0. The molecule has 1 aromatic carbocycles. The van der Waals surface area contributed by atoms with Crippen LogP contribution in [0.1, 0.15) is 19.8 Å². The Bertz CT molecular complexity index is 388. The first kappa shape index (κ1) is 21.0. The van der Waals surface area contributed by atoms with E-state index in [2.05, 4.69) is 15.6 Å². The van der Waals surface area contributed by atoms with Gasteiger partial charge in [0.2, 0.25) is 0 Å². The zero-order valence-corrected chi connectivity index (χ0v) is 15.8. The van der Waals surface area contributed by atoms with Crippen LogP contribution >= 0.6 is 24.0 Å². The molecular weight excluding hydrogens is 393 g/mol. The van der Waals surface area contributed by atoms with E-state index in [0.717, 1.165) is 44.3 Å². The largest absolute Gasteiger partial charge is 0.492 e. The van der Waals surface area contributed by atoms with Crippen LogP contribution in [-0.2, 0) is 4.74 Å². The van der Waals surface area contributed by atoms with E-state index in [4.69, 9.17) is 9.47 Å². The number of hydrogen-bond donors (Lipinski definition) is 2. The molecule has 6 heteroatoms. The van der Waals surface area contributed by atoms with Crippen LogP contribution in [0.5, 0.6) is 5.75 Å². The number of guanidine groups is 1. The number of aliphatic imine (C=N–C) groups is 1. The molecule has 0 spiro atoms. The summed E-state index contributed by atoms with van der Waals surface area (Å²) in [5, 5.41) is 6.50. The van der Waals surface area contributed by atoms with Crippen molar-refractivity contribution >= 4 is 29.9 Å². The molecule has 0 atom stereocenters. The molecule has 0 aliphatic rings. The van der Waals surface area contributed by atoms with E-state index < -0.39 is 0 Å². The molecular formula is C16H28IN3O2. The molecule has 22 heavy (non-hydrogen) atoms. The van der Waals surface area contributed by atoms with Gasteiger partial charge in [0.15, 0.2) is 5.96 Å². The quantitative estimate of drug-likeness (QED) is 0.264. The number of hydrogen-bond acceptors (Lipinski definition) is 3. The van der Waals surface area contributed by atoms with Crippen LogP contribution in [0.2, 0.25) is 0 Å². The minimum Gasteiger partial charge on any atom is -0.492 e. The zero-order chi connectivity index (χ0) is 15.2. The second-order valence-corrected chi connectivity index (χ2v) is 4.49. The van der Waals surface area contributed by atoms with Gasteiger partial charge < -0.3 is 20.1 Å². The Kier molecular flexibility index (Phi) is 14.2. The molecule has 2 N–H and O–H groups in total. The van der Waals surface area contributed by atoms with Gasteiger partial charge in [-0.1, -0.05) is 18.2 Å². The lowest BCUT2D eigenvalue weighted by Gasteiger charge is -2.12. The Balaban J connectivity index is 0.00000441. The molecule has 0 unspecified atom stereocenters. The zero-order valence-electron chi connectivity index (χ0n) is 13.5. The van der Waals surface area contributed by atoms with Gasteiger partial charge in [-0.15, -0.1) is 24.0 Å². The van der Waals surface area contributed by atoms with Crippen molar-refractivity contribution in [3.8, 4) is 5.75 Å². The molecule has 126 valence electrons. The third-order valence-electron chi connectivity index (χ3n) is 2.84. The summed E-state index contributed by atoms with van der Waals surface area (Å²) < 4.78 is 10.9. The van der Waals surface area contributed by atoms with Crippen molar-refractivity contribution in [2.75, 3.05) is 40.0 Å². The summed E-state index contributed by atoms with van der Waals surface area (Å²) in [6.07, 6.45) is 2.14. The van der Waals surface area contributed by atoms with E-state index in [0.29, 0.717) is 13.2 Å². The van der Waals surface area contributed by atoms with E-state index in [-0.39, 0.29) is 24.0 Å². The Morgan fingerprint density at radius 3 is 2.45 bits per heavy atom. The van der Waals surface area contributed by atoms with Gasteiger partial charge in [0.1, 0.15) is 12.4 Å². The highest BCUT2D eigenvalue weighted by molar-refractivity contribution is 14.0. The molecule has 0 bridgehead atoms. The summed E-state index contributed by atoms with van der Waals surface area (Å²) in [5.74, 6) is 1.70. The molecule has 0 saturated heterocycles. The van der Waals surface area contributed by atoms with Gasteiger partial charge in [-0.2, -0.15) is 0 Å². The maximum atomic E-state index is 5.61. The maximum Gasteiger partial charge on any atom is 0.191 e. The molecule has 0 amide bonds. The fourth-order valence-electron chi connectivity index (χ4n) is 1.76. The normalized spacial score (nSPS) is 10.7. The summed E-state index contributed by atoms with van der Waals surface area (Å²) in [4.78, 5) is 4.17. The summed E-state index contributed by atoms with van der Waals surface area (Å²) >= 11 is 0. The number of unbranched alkanes of at least 4 members (excludes halogenated alkanes) is 1. The molecule has 0 heterocycles. The van der Waals surface area contributed by atoms with Gasteiger partial charge in [-0.05, 0) is 31.9 Å². The molecule has 0 aliphatic heterocycles. The van der Waals surface area contributed by atoms with E-state index in [1.165, 1.54) is 0 Å². The topological polar surface area (TPSA) is 54.9 Å². The molecule has 0 radical (unpaired) electrons. The number of nitrogens with one attached hydrogen (secondary N) is 2. The summed E-state index contributed by atoms with van der Waals surface area (Å²) in [6.45, 7) is 5.85. The lowest BCUT2D eigenvalue weighted by molar-refractivity contribution is 0.143. The highest BCUT2D eigenvalue weighted by Gasteiger charge is 1.97. The van der Waals surface area contributed by atoms with Gasteiger partial charge in [0.05, 0.1) is 6.54 Å². The average Bonchev–Trinajstić information content (AvgIpc) is 2.53. The summed E-state index contributed by atoms with van der Waals surface area (Å²) in [6, 6.07) is 9.80. The molecule has 1 aromatic rings. The van der Waals surface area contributed by atoms with Crippen molar-refractivity contribution in [1.29, 1.82) is 0 Å². The fourth-order valence-corrected chi connectivity index (χ4v) is 1.76. The molecule has 0 saturated carbocycles. The van der Waals surface area contributed by atoms with Gasteiger partial charge in [0, 0.05) is 26.8 Å². The fraction of sp³-hybridized carbons (Fsp3) is 0.562. The molecule has 0 aromatic heterocycles. The lowest BCUT2D eigenvalue weighted by atomic mass is 10.3. The van der Waals surface area contributed by atoms with Crippen molar-refractivity contribution in [3.63, 3.8) is 0 Å². The highest BCUT2D eigenvalue weighted by atomic mass is 127. The molecule has 5 nitrogen and oxygen atoms in total. The smallest absolute Gasteiger partial charge is 0.191 e. The number of ether oxygens (including phenoxy) is 2. The second kappa shape index (κ2) is 14.9. The van der Waals surface area contributed by atoms with Crippen molar-refractivity contribution in [2.45, 2.75) is 19.8 Å². The van der Waals surface area contributed by atoms with Crippen molar-refractivity contribution < 1.29 is 9.47 Å². The van der Waals surface area contributed by atoms with Crippen LogP contribution in [0.15, 0.2) is 35.3 Å².